The molecule has 4 aliphatic carbocycles. The van der Waals surface area contributed by atoms with Crippen LogP contribution in [0.15, 0.2) is 24.3 Å². The first-order chi connectivity index (χ1) is 11.6. The highest BCUT2D eigenvalue weighted by molar-refractivity contribution is 5.29. The van der Waals surface area contributed by atoms with E-state index < -0.39 is 0 Å². The van der Waals surface area contributed by atoms with Gasteiger partial charge in [0.05, 0.1) is 6.10 Å². The lowest BCUT2D eigenvalue weighted by Crippen LogP contribution is -2.50. The highest BCUT2D eigenvalue weighted by Crippen LogP contribution is 2.54. The number of ether oxygens (including phenoxy) is 2. The van der Waals surface area contributed by atoms with Gasteiger partial charge in [0.2, 0.25) is 0 Å². The SMILES string of the molecule is CCC(C)c1ccc(OC(C)OC2C3CC4CC(C3)CC2C4)cc1. The smallest absolute Gasteiger partial charge is 0.197 e. The van der Waals surface area contributed by atoms with E-state index in [0.717, 1.165) is 29.4 Å². The Kier molecular flexibility index (Phi) is 4.60. The summed E-state index contributed by atoms with van der Waals surface area (Å²) < 4.78 is 12.5. The first-order valence-electron chi connectivity index (χ1n) is 10.0. The van der Waals surface area contributed by atoms with Crippen molar-refractivity contribution in [2.24, 2.45) is 23.7 Å². The molecular weight excluding hydrogens is 296 g/mol. The average Bonchev–Trinajstić information content (AvgIpc) is 2.57. The van der Waals surface area contributed by atoms with Crippen LogP contribution in [0.2, 0.25) is 0 Å². The predicted octanol–water partition coefficient (Wildman–Crippen LogP) is 5.77. The molecule has 5 rings (SSSR count). The summed E-state index contributed by atoms with van der Waals surface area (Å²) in [5.41, 5.74) is 1.39. The molecular formula is C22H32O2. The Morgan fingerprint density at radius 1 is 0.917 bits per heavy atom. The molecule has 4 saturated carbocycles. The maximum atomic E-state index is 6.41. The van der Waals surface area contributed by atoms with Crippen molar-refractivity contribution in [3.8, 4) is 5.75 Å². The molecule has 0 aromatic heterocycles. The van der Waals surface area contributed by atoms with Gasteiger partial charge in [0.1, 0.15) is 5.75 Å². The van der Waals surface area contributed by atoms with Crippen LogP contribution in [0, 0.1) is 23.7 Å². The summed E-state index contributed by atoms with van der Waals surface area (Å²) in [5.74, 6) is 5.12. The second-order valence-electron chi connectivity index (χ2n) is 8.60. The quantitative estimate of drug-likeness (QED) is 0.617. The fourth-order valence-electron chi connectivity index (χ4n) is 5.65. The summed E-state index contributed by atoms with van der Waals surface area (Å²) in [6.07, 6.45) is 8.54. The average molecular weight is 328 g/mol. The minimum absolute atomic E-state index is 0.151. The van der Waals surface area contributed by atoms with Crippen molar-refractivity contribution in [1.82, 2.24) is 0 Å². The zero-order chi connectivity index (χ0) is 16.7. The second kappa shape index (κ2) is 6.71. The van der Waals surface area contributed by atoms with Crippen LogP contribution in [-0.2, 0) is 4.74 Å². The summed E-state index contributed by atoms with van der Waals surface area (Å²) >= 11 is 0. The Morgan fingerprint density at radius 3 is 2.04 bits per heavy atom. The fraction of sp³-hybridized carbons (Fsp3) is 0.727. The maximum Gasteiger partial charge on any atom is 0.197 e. The van der Waals surface area contributed by atoms with Crippen molar-refractivity contribution in [3.05, 3.63) is 29.8 Å². The van der Waals surface area contributed by atoms with Crippen LogP contribution in [-0.4, -0.2) is 12.4 Å². The summed E-state index contributed by atoms with van der Waals surface area (Å²) in [7, 11) is 0. The Bertz CT molecular complexity index is 522. The third-order valence-electron chi connectivity index (χ3n) is 6.85. The molecule has 2 heteroatoms. The van der Waals surface area contributed by atoms with Gasteiger partial charge in [-0.05, 0) is 92.7 Å². The molecule has 0 amide bonds. The van der Waals surface area contributed by atoms with Crippen LogP contribution in [0.3, 0.4) is 0 Å². The van der Waals surface area contributed by atoms with Crippen LogP contribution < -0.4 is 4.74 Å². The van der Waals surface area contributed by atoms with Crippen LogP contribution in [0.5, 0.6) is 5.75 Å². The molecule has 24 heavy (non-hydrogen) atoms. The molecule has 1 aromatic rings. The maximum absolute atomic E-state index is 6.41. The van der Waals surface area contributed by atoms with Crippen molar-refractivity contribution in [1.29, 1.82) is 0 Å². The normalized spacial score (nSPS) is 36.5. The zero-order valence-corrected chi connectivity index (χ0v) is 15.4. The van der Waals surface area contributed by atoms with E-state index >= 15 is 0 Å². The van der Waals surface area contributed by atoms with Crippen LogP contribution >= 0.6 is 0 Å². The molecule has 0 spiro atoms. The van der Waals surface area contributed by atoms with Gasteiger partial charge < -0.3 is 9.47 Å². The van der Waals surface area contributed by atoms with Gasteiger partial charge in [-0.3, -0.25) is 0 Å². The molecule has 0 aliphatic heterocycles. The third-order valence-corrected chi connectivity index (χ3v) is 6.85. The Balaban J connectivity index is 1.34. The first-order valence-corrected chi connectivity index (χ1v) is 10.0. The van der Waals surface area contributed by atoms with E-state index in [1.807, 2.05) is 0 Å². The first kappa shape index (κ1) is 16.4. The van der Waals surface area contributed by atoms with Gasteiger partial charge in [-0.1, -0.05) is 26.0 Å². The second-order valence-corrected chi connectivity index (χ2v) is 8.60. The van der Waals surface area contributed by atoms with Crippen molar-refractivity contribution in [3.63, 3.8) is 0 Å². The molecule has 1 aromatic carbocycles. The van der Waals surface area contributed by atoms with Crippen molar-refractivity contribution >= 4 is 0 Å². The molecule has 132 valence electrons. The van der Waals surface area contributed by atoms with Crippen LogP contribution in [0.4, 0.5) is 0 Å². The summed E-state index contributed by atoms with van der Waals surface area (Å²) in [4.78, 5) is 0. The van der Waals surface area contributed by atoms with Gasteiger partial charge in [0, 0.05) is 0 Å². The van der Waals surface area contributed by atoms with Gasteiger partial charge in [0.15, 0.2) is 6.29 Å². The van der Waals surface area contributed by atoms with Gasteiger partial charge in [-0.2, -0.15) is 0 Å². The molecule has 2 atom stereocenters. The number of hydrogen-bond acceptors (Lipinski definition) is 2. The highest BCUT2D eigenvalue weighted by Gasteiger charge is 2.49. The number of benzene rings is 1. The predicted molar refractivity (Wildman–Crippen MR) is 97.2 cm³/mol. The molecule has 0 saturated heterocycles. The largest absolute Gasteiger partial charge is 0.465 e. The fourth-order valence-corrected chi connectivity index (χ4v) is 5.65. The highest BCUT2D eigenvalue weighted by atomic mass is 16.7. The van der Waals surface area contributed by atoms with E-state index in [4.69, 9.17) is 9.47 Å². The van der Waals surface area contributed by atoms with E-state index in [9.17, 15) is 0 Å². The minimum Gasteiger partial charge on any atom is -0.465 e. The molecule has 0 heterocycles. The van der Waals surface area contributed by atoms with Gasteiger partial charge in [0.25, 0.3) is 0 Å². The van der Waals surface area contributed by atoms with Crippen LogP contribution in [0.25, 0.3) is 0 Å². The monoisotopic (exact) mass is 328 g/mol. The van der Waals surface area contributed by atoms with E-state index in [0.29, 0.717) is 12.0 Å². The zero-order valence-electron chi connectivity index (χ0n) is 15.4. The molecule has 2 unspecified atom stereocenters. The van der Waals surface area contributed by atoms with E-state index in [2.05, 4.69) is 45.0 Å². The Hall–Kier alpha value is -1.02. The van der Waals surface area contributed by atoms with E-state index in [-0.39, 0.29) is 6.29 Å². The molecule has 0 N–H and O–H groups in total. The van der Waals surface area contributed by atoms with Gasteiger partial charge >= 0.3 is 0 Å². The number of rotatable bonds is 6. The topological polar surface area (TPSA) is 18.5 Å². The third kappa shape index (κ3) is 3.22. The summed E-state index contributed by atoms with van der Waals surface area (Å²) in [5, 5.41) is 0. The lowest BCUT2D eigenvalue weighted by atomic mass is 9.55. The van der Waals surface area contributed by atoms with Crippen molar-refractivity contribution < 1.29 is 9.47 Å². The lowest BCUT2D eigenvalue weighted by Gasteiger charge is -2.54. The summed E-state index contributed by atoms with van der Waals surface area (Å²) in [6.45, 7) is 6.57. The van der Waals surface area contributed by atoms with Crippen LogP contribution in [0.1, 0.15) is 70.8 Å². The molecule has 4 bridgehead atoms. The number of hydrogen-bond donors (Lipinski definition) is 0. The minimum atomic E-state index is -0.151. The van der Waals surface area contributed by atoms with Crippen molar-refractivity contribution in [2.45, 2.75) is 77.6 Å². The molecule has 4 aliphatic rings. The standard InChI is InChI=1S/C22H32O2/c1-4-14(2)18-5-7-21(8-6-18)23-15(3)24-22-19-10-16-9-17(12-19)13-20(22)11-16/h5-8,14-17,19-20,22H,4,9-13H2,1-3H3. The summed E-state index contributed by atoms with van der Waals surface area (Å²) in [6, 6.07) is 8.58. The Morgan fingerprint density at radius 2 is 1.50 bits per heavy atom. The lowest BCUT2D eigenvalue weighted by molar-refractivity contribution is -0.191. The Labute approximate surface area is 146 Å². The molecule has 0 radical (unpaired) electrons. The molecule has 2 nitrogen and oxygen atoms in total. The molecule has 4 fully saturated rings. The van der Waals surface area contributed by atoms with E-state index in [1.165, 1.54) is 44.1 Å². The van der Waals surface area contributed by atoms with E-state index in [1.54, 1.807) is 0 Å². The van der Waals surface area contributed by atoms with Gasteiger partial charge in [-0.15, -0.1) is 0 Å². The van der Waals surface area contributed by atoms with Crippen molar-refractivity contribution in [2.75, 3.05) is 0 Å². The van der Waals surface area contributed by atoms with Gasteiger partial charge in [-0.25, -0.2) is 0 Å².